The van der Waals surface area contributed by atoms with Crippen LogP contribution in [0.2, 0.25) is 0 Å². The average Bonchev–Trinajstić information content (AvgIpc) is 2.74. The summed E-state index contributed by atoms with van der Waals surface area (Å²) in [6.07, 6.45) is 0. The SMILES string of the molecule is CC(C)(C)c1ccc(NC(=O)C(=O)N(Cc2ccccc2)Cc2ccccc2)cc1. The van der Waals surface area contributed by atoms with Gasteiger partial charge in [-0.3, -0.25) is 9.59 Å². The zero-order valence-corrected chi connectivity index (χ0v) is 17.8. The van der Waals surface area contributed by atoms with Gasteiger partial charge in [-0.05, 0) is 34.2 Å². The van der Waals surface area contributed by atoms with Gasteiger partial charge in [-0.25, -0.2) is 0 Å². The van der Waals surface area contributed by atoms with Gasteiger partial charge in [-0.15, -0.1) is 0 Å². The Morgan fingerprint density at radius 3 is 1.63 bits per heavy atom. The first-order valence-electron chi connectivity index (χ1n) is 10.1. The van der Waals surface area contributed by atoms with E-state index in [2.05, 4.69) is 26.1 Å². The summed E-state index contributed by atoms with van der Waals surface area (Å²) in [7, 11) is 0. The third-order valence-electron chi connectivity index (χ3n) is 4.92. The Labute approximate surface area is 178 Å². The van der Waals surface area contributed by atoms with Crippen molar-refractivity contribution in [3.05, 3.63) is 102 Å². The topological polar surface area (TPSA) is 49.4 Å². The van der Waals surface area contributed by atoms with Crippen LogP contribution in [0.15, 0.2) is 84.9 Å². The van der Waals surface area contributed by atoms with Crippen molar-refractivity contribution in [2.24, 2.45) is 0 Å². The number of carbonyl (C=O) groups excluding carboxylic acids is 2. The number of anilines is 1. The summed E-state index contributed by atoms with van der Waals surface area (Å²) in [5, 5.41) is 2.74. The molecule has 2 amide bonds. The van der Waals surface area contributed by atoms with Crippen molar-refractivity contribution in [2.45, 2.75) is 39.3 Å². The fraction of sp³-hybridized carbons (Fsp3) is 0.231. The molecule has 0 radical (unpaired) electrons. The molecule has 3 aromatic rings. The fourth-order valence-corrected chi connectivity index (χ4v) is 3.19. The molecule has 0 atom stereocenters. The Kier molecular flexibility index (Phi) is 6.68. The largest absolute Gasteiger partial charge is 0.326 e. The van der Waals surface area contributed by atoms with Crippen LogP contribution in [0.25, 0.3) is 0 Å². The standard InChI is InChI=1S/C26H28N2O2/c1-26(2,3)22-14-16-23(17-15-22)27-24(29)25(30)28(18-20-10-6-4-7-11-20)19-21-12-8-5-9-13-21/h4-17H,18-19H2,1-3H3,(H,27,29). The molecule has 0 aliphatic heterocycles. The molecule has 0 aliphatic carbocycles. The molecule has 0 aromatic heterocycles. The minimum atomic E-state index is -0.634. The van der Waals surface area contributed by atoms with Crippen LogP contribution in [0, 0.1) is 0 Å². The van der Waals surface area contributed by atoms with Gasteiger partial charge in [0.05, 0.1) is 0 Å². The van der Waals surface area contributed by atoms with Gasteiger partial charge in [0.15, 0.2) is 0 Å². The van der Waals surface area contributed by atoms with E-state index in [1.807, 2.05) is 84.9 Å². The summed E-state index contributed by atoms with van der Waals surface area (Å²) in [4.78, 5) is 27.3. The quantitative estimate of drug-likeness (QED) is 0.602. The lowest BCUT2D eigenvalue weighted by Crippen LogP contribution is -2.38. The minimum Gasteiger partial charge on any atom is -0.326 e. The van der Waals surface area contributed by atoms with Crippen molar-refractivity contribution < 1.29 is 9.59 Å². The molecule has 3 rings (SSSR count). The molecule has 0 aliphatic rings. The Hall–Kier alpha value is -3.40. The average molecular weight is 401 g/mol. The fourth-order valence-electron chi connectivity index (χ4n) is 3.19. The van der Waals surface area contributed by atoms with E-state index in [-0.39, 0.29) is 5.41 Å². The second-order valence-electron chi connectivity index (χ2n) is 8.41. The highest BCUT2D eigenvalue weighted by Gasteiger charge is 2.23. The Morgan fingerprint density at radius 1 is 0.733 bits per heavy atom. The molecule has 0 spiro atoms. The number of benzene rings is 3. The van der Waals surface area contributed by atoms with Crippen molar-refractivity contribution >= 4 is 17.5 Å². The minimum absolute atomic E-state index is 0.0283. The number of amides is 2. The van der Waals surface area contributed by atoms with Crippen molar-refractivity contribution in [2.75, 3.05) is 5.32 Å². The third kappa shape index (κ3) is 5.80. The number of hydrogen-bond acceptors (Lipinski definition) is 2. The summed E-state index contributed by atoms with van der Waals surface area (Å²) in [6, 6.07) is 27.0. The normalized spacial score (nSPS) is 11.0. The van der Waals surface area contributed by atoms with E-state index in [0.717, 1.165) is 11.1 Å². The molecule has 4 nitrogen and oxygen atoms in total. The van der Waals surface area contributed by atoms with Gasteiger partial charge in [0.2, 0.25) is 0 Å². The zero-order valence-electron chi connectivity index (χ0n) is 17.8. The third-order valence-corrected chi connectivity index (χ3v) is 4.92. The Bertz CT molecular complexity index is 934. The monoisotopic (exact) mass is 400 g/mol. The molecule has 154 valence electrons. The molecule has 30 heavy (non-hydrogen) atoms. The molecule has 3 aromatic carbocycles. The van der Waals surface area contributed by atoms with E-state index < -0.39 is 11.8 Å². The van der Waals surface area contributed by atoms with Crippen LogP contribution in [0.5, 0.6) is 0 Å². The van der Waals surface area contributed by atoms with Gasteiger partial charge in [0.1, 0.15) is 0 Å². The lowest BCUT2D eigenvalue weighted by Gasteiger charge is -2.23. The smallest absolute Gasteiger partial charge is 0.313 e. The molecule has 0 bridgehead atoms. The van der Waals surface area contributed by atoms with Crippen molar-refractivity contribution in [1.29, 1.82) is 0 Å². The first kappa shape index (κ1) is 21.3. The maximum atomic E-state index is 13.0. The number of hydrogen-bond donors (Lipinski definition) is 1. The summed E-state index contributed by atoms with van der Waals surface area (Å²) in [6.45, 7) is 7.13. The molecule has 0 fully saturated rings. The highest BCUT2D eigenvalue weighted by atomic mass is 16.2. The van der Waals surface area contributed by atoms with Crippen LogP contribution in [-0.2, 0) is 28.1 Å². The lowest BCUT2D eigenvalue weighted by molar-refractivity contribution is -0.144. The van der Waals surface area contributed by atoms with Crippen LogP contribution in [0.4, 0.5) is 5.69 Å². The summed E-state index contributed by atoms with van der Waals surface area (Å²) >= 11 is 0. The van der Waals surface area contributed by atoms with Crippen molar-refractivity contribution in [1.82, 2.24) is 4.90 Å². The van der Waals surface area contributed by atoms with E-state index in [9.17, 15) is 9.59 Å². The Morgan fingerprint density at radius 2 is 1.20 bits per heavy atom. The number of rotatable bonds is 5. The molecule has 0 saturated heterocycles. The molecule has 4 heteroatoms. The highest BCUT2D eigenvalue weighted by Crippen LogP contribution is 2.23. The van der Waals surface area contributed by atoms with Gasteiger partial charge < -0.3 is 10.2 Å². The van der Waals surface area contributed by atoms with E-state index in [1.165, 1.54) is 5.56 Å². The predicted octanol–water partition coefficient (Wildman–Crippen LogP) is 5.15. The molecule has 0 saturated carbocycles. The second-order valence-corrected chi connectivity index (χ2v) is 8.41. The predicted molar refractivity (Wildman–Crippen MR) is 121 cm³/mol. The second kappa shape index (κ2) is 9.40. The van der Waals surface area contributed by atoms with Gasteiger partial charge in [-0.2, -0.15) is 0 Å². The first-order valence-corrected chi connectivity index (χ1v) is 10.1. The van der Waals surface area contributed by atoms with Crippen LogP contribution in [0.1, 0.15) is 37.5 Å². The molecule has 0 unspecified atom stereocenters. The molecular weight excluding hydrogens is 372 g/mol. The van der Waals surface area contributed by atoms with Crippen LogP contribution < -0.4 is 5.32 Å². The highest BCUT2D eigenvalue weighted by molar-refractivity contribution is 6.39. The van der Waals surface area contributed by atoms with E-state index >= 15 is 0 Å². The summed E-state index contributed by atoms with van der Waals surface area (Å²) in [5.41, 5.74) is 3.76. The molecular formula is C26H28N2O2. The maximum Gasteiger partial charge on any atom is 0.313 e. The summed E-state index contributed by atoms with van der Waals surface area (Å²) in [5.74, 6) is -1.19. The molecule has 1 N–H and O–H groups in total. The molecule has 0 heterocycles. The lowest BCUT2D eigenvalue weighted by atomic mass is 9.87. The maximum absolute atomic E-state index is 13.0. The van der Waals surface area contributed by atoms with Crippen LogP contribution >= 0.6 is 0 Å². The summed E-state index contributed by atoms with van der Waals surface area (Å²) < 4.78 is 0. The number of nitrogens with zero attached hydrogens (tertiary/aromatic N) is 1. The van der Waals surface area contributed by atoms with Crippen LogP contribution in [-0.4, -0.2) is 16.7 Å². The number of nitrogens with one attached hydrogen (secondary N) is 1. The van der Waals surface area contributed by atoms with Gasteiger partial charge in [-0.1, -0.05) is 93.6 Å². The van der Waals surface area contributed by atoms with Gasteiger partial charge in [0, 0.05) is 18.8 Å². The first-order chi connectivity index (χ1) is 14.3. The van der Waals surface area contributed by atoms with Crippen molar-refractivity contribution in [3.63, 3.8) is 0 Å². The zero-order chi connectivity index (χ0) is 21.6. The van der Waals surface area contributed by atoms with Gasteiger partial charge in [0.25, 0.3) is 0 Å². The van der Waals surface area contributed by atoms with E-state index in [0.29, 0.717) is 18.8 Å². The van der Waals surface area contributed by atoms with Crippen LogP contribution in [0.3, 0.4) is 0 Å². The Balaban J connectivity index is 1.74. The van der Waals surface area contributed by atoms with Gasteiger partial charge >= 0.3 is 11.8 Å². The van der Waals surface area contributed by atoms with E-state index in [1.54, 1.807) is 4.90 Å². The van der Waals surface area contributed by atoms with Crippen molar-refractivity contribution in [3.8, 4) is 0 Å². The van der Waals surface area contributed by atoms with E-state index in [4.69, 9.17) is 0 Å². The number of carbonyl (C=O) groups is 2.